The third-order valence-corrected chi connectivity index (χ3v) is 4.80. The van der Waals surface area contributed by atoms with Crippen LogP contribution in [0.4, 0.5) is 0 Å². The monoisotopic (exact) mass is 467 g/mol. The van der Waals surface area contributed by atoms with E-state index in [2.05, 4.69) is 5.32 Å². The normalized spacial score (nSPS) is 14.4. The summed E-state index contributed by atoms with van der Waals surface area (Å²) in [6.07, 6.45) is 1.81. The molecule has 1 heterocycles. The minimum absolute atomic E-state index is 0.0790. The van der Waals surface area contributed by atoms with Gasteiger partial charge in [0.15, 0.2) is 5.78 Å². The molecule has 0 radical (unpaired) electrons. The van der Waals surface area contributed by atoms with E-state index in [0.717, 1.165) is 24.1 Å². The molecule has 1 aliphatic rings. The van der Waals surface area contributed by atoms with Crippen molar-refractivity contribution < 1.29 is 24.2 Å². The van der Waals surface area contributed by atoms with Gasteiger partial charge < -0.3 is 15.2 Å². The fourth-order valence-corrected chi connectivity index (χ4v) is 3.04. The molecule has 1 unspecified atom stereocenters. The maximum atomic E-state index is 11.6. The second-order valence-electron chi connectivity index (χ2n) is 6.45. The van der Waals surface area contributed by atoms with Gasteiger partial charge in [0.25, 0.3) is 0 Å². The van der Waals surface area contributed by atoms with Crippen molar-refractivity contribution in [3.05, 3.63) is 69.7 Å². The molecule has 0 spiro atoms. The maximum absolute atomic E-state index is 11.6. The Hall–Kier alpha value is -2.41. The average Bonchev–Trinajstić information content (AvgIpc) is 3.21. The Morgan fingerprint density at radius 2 is 1.55 bits per heavy atom. The van der Waals surface area contributed by atoms with Gasteiger partial charge in [-0.15, -0.1) is 0 Å². The lowest BCUT2D eigenvalue weighted by atomic mass is 10.1. The highest BCUT2D eigenvalue weighted by atomic mass is 35.5. The standard InChI is InChI=1S/C12H13ClO3.C10H10ClNO.CH4O/c1-2-16-12(15)8-7-11(14)9-3-5-10(13)6-4-9;11-8-3-1-7(2-4-8)9-5-6-10(13)12-9;1-2/h3-6H,2,7-8H2,1H3;1-4,9H,5-6H2,(H,12,13);2H,1H3. The van der Waals surface area contributed by atoms with Crippen LogP contribution in [0, 0.1) is 0 Å². The summed E-state index contributed by atoms with van der Waals surface area (Å²) < 4.78 is 4.73. The molecule has 0 aromatic heterocycles. The molecule has 1 aliphatic heterocycles. The molecule has 168 valence electrons. The van der Waals surface area contributed by atoms with Gasteiger partial charge in [0.1, 0.15) is 0 Å². The van der Waals surface area contributed by atoms with E-state index in [-0.39, 0.29) is 36.5 Å². The zero-order valence-corrected chi connectivity index (χ0v) is 19.1. The third-order valence-electron chi connectivity index (χ3n) is 4.30. The fraction of sp³-hybridized carbons (Fsp3) is 0.348. The zero-order valence-electron chi connectivity index (χ0n) is 17.6. The Morgan fingerprint density at radius 1 is 1.00 bits per heavy atom. The Labute approximate surface area is 192 Å². The summed E-state index contributed by atoms with van der Waals surface area (Å²) >= 11 is 11.5. The van der Waals surface area contributed by atoms with Crippen LogP contribution in [0.5, 0.6) is 0 Å². The van der Waals surface area contributed by atoms with Gasteiger partial charge in [-0.05, 0) is 55.3 Å². The number of carbonyl (C=O) groups excluding carboxylic acids is 3. The summed E-state index contributed by atoms with van der Waals surface area (Å²) in [5, 5.41) is 11.2. The van der Waals surface area contributed by atoms with Crippen molar-refractivity contribution in [3.63, 3.8) is 0 Å². The number of halogens is 2. The number of aliphatic hydroxyl groups is 1. The summed E-state index contributed by atoms with van der Waals surface area (Å²) in [4.78, 5) is 33.6. The van der Waals surface area contributed by atoms with Gasteiger partial charge in [-0.1, -0.05) is 35.3 Å². The molecule has 31 heavy (non-hydrogen) atoms. The Morgan fingerprint density at radius 3 is 2.03 bits per heavy atom. The minimum Gasteiger partial charge on any atom is -0.466 e. The van der Waals surface area contributed by atoms with E-state index in [1.54, 1.807) is 31.2 Å². The lowest BCUT2D eigenvalue weighted by molar-refractivity contribution is -0.143. The highest BCUT2D eigenvalue weighted by Crippen LogP contribution is 2.24. The third kappa shape index (κ3) is 9.96. The number of amides is 1. The first-order chi connectivity index (χ1) is 14.9. The lowest BCUT2D eigenvalue weighted by Gasteiger charge is -2.09. The molecule has 1 atom stereocenters. The second kappa shape index (κ2) is 14.6. The number of ketones is 1. The van der Waals surface area contributed by atoms with Crippen molar-refractivity contribution in [2.45, 2.75) is 38.6 Å². The molecule has 2 aromatic carbocycles. The van der Waals surface area contributed by atoms with Crippen molar-refractivity contribution >= 4 is 40.9 Å². The van der Waals surface area contributed by atoms with Gasteiger partial charge in [-0.25, -0.2) is 0 Å². The molecule has 0 bridgehead atoms. The first kappa shape index (κ1) is 26.6. The van der Waals surface area contributed by atoms with E-state index < -0.39 is 0 Å². The van der Waals surface area contributed by atoms with E-state index in [1.807, 2.05) is 24.3 Å². The summed E-state index contributed by atoms with van der Waals surface area (Å²) in [5.74, 6) is -0.283. The van der Waals surface area contributed by atoms with Gasteiger partial charge >= 0.3 is 5.97 Å². The van der Waals surface area contributed by atoms with Crippen molar-refractivity contribution in [1.82, 2.24) is 5.32 Å². The number of esters is 1. The van der Waals surface area contributed by atoms with E-state index in [9.17, 15) is 14.4 Å². The molecule has 2 aromatic rings. The molecule has 0 saturated carbocycles. The molecular formula is C23H27Cl2NO5. The van der Waals surface area contributed by atoms with Crippen molar-refractivity contribution in [2.24, 2.45) is 0 Å². The quantitative estimate of drug-likeness (QED) is 0.471. The number of hydrogen-bond donors (Lipinski definition) is 2. The predicted octanol–water partition coefficient (Wildman–Crippen LogP) is 4.77. The molecule has 2 N–H and O–H groups in total. The maximum Gasteiger partial charge on any atom is 0.306 e. The van der Waals surface area contributed by atoms with E-state index >= 15 is 0 Å². The molecule has 6 nitrogen and oxygen atoms in total. The van der Waals surface area contributed by atoms with Crippen LogP contribution in [0.1, 0.15) is 54.6 Å². The number of nitrogens with one attached hydrogen (secondary N) is 1. The molecular weight excluding hydrogens is 441 g/mol. The van der Waals surface area contributed by atoms with E-state index in [0.29, 0.717) is 23.6 Å². The summed E-state index contributed by atoms with van der Waals surface area (Å²) in [6.45, 7) is 2.08. The predicted molar refractivity (Wildman–Crippen MR) is 121 cm³/mol. The summed E-state index contributed by atoms with van der Waals surface area (Å²) in [5.41, 5.74) is 1.70. The summed E-state index contributed by atoms with van der Waals surface area (Å²) in [6, 6.07) is 14.4. The largest absolute Gasteiger partial charge is 0.466 e. The second-order valence-corrected chi connectivity index (χ2v) is 7.32. The van der Waals surface area contributed by atoms with Crippen molar-refractivity contribution in [1.29, 1.82) is 0 Å². The van der Waals surface area contributed by atoms with Crippen LogP contribution in [0.2, 0.25) is 10.0 Å². The number of benzene rings is 2. The van der Waals surface area contributed by atoms with Crippen molar-refractivity contribution in [3.8, 4) is 0 Å². The van der Waals surface area contributed by atoms with Crippen LogP contribution in [0.25, 0.3) is 0 Å². The Bertz CT molecular complexity index is 838. The van der Waals surface area contributed by atoms with Gasteiger partial charge in [0.2, 0.25) is 5.91 Å². The van der Waals surface area contributed by atoms with Crippen LogP contribution < -0.4 is 5.32 Å². The average molecular weight is 468 g/mol. The van der Waals surface area contributed by atoms with Gasteiger partial charge in [0, 0.05) is 35.6 Å². The molecule has 0 aliphatic carbocycles. The lowest BCUT2D eigenvalue weighted by Crippen LogP contribution is -2.18. The number of rotatable bonds is 6. The van der Waals surface area contributed by atoms with Crippen LogP contribution in [0.3, 0.4) is 0 Å². The SMILES string of the molecule is CCOC(=O)CCC(=O)c1ccc(Cl)cc1.CO.O=C1CCC(c2ccc(Cl)cc2)N1. The molecule has 1 saturated heterocycles. The van der Waals surface area contributed by atoms with Gasteiger partial charge in [-0.3, -0.25) is 14.4 Å². The number of aliphatic hydroxyl groups excluding tert-OH is 1. The number of Topliss-reactive ketones (excluding diaryl/α,β-unsaturated/α-hetero) is 1. The molecule has 3 rings (SSSR count). The van der Waals surface area contributed by atoms with Gasteiger partial charge in [0.05, 0.1) is 19.1 Å². The van der Waals surface area contributed by atoms with Crippen LogP contribution in [-0.2, 0) is 14.3 Å². The topological polar surface area (TPSA) is 92.7 Å². The molecule has 8 heteroatoms. The first-order valence-electron chi connectivity index (χ1n) is 9.83. The van der Waals surface area contributed by atoms with Crippen molar-refractivity contribution in [2.75, 3.05) is 13.7 Å². The number of hydrogen-bond acceptors (Lipinski definition) is 5. The highest BCUT2D eigenvalue weighted by Gasteiger charge is 2.21. The molecule has 1 amide bonds. The van der Waals surface area contributed by atoms with Gasteiger partial charge in [-0.2, -0.15) is 0 Å². The molecule has 1 fully saturated rings. The number of ether oxygens (including phenoxy) is 1. The Kier molecular flexibility index (Phi) is 12.5. The van der Waals surface area contributed by atoms with Crippen LogP contribution >= 0.6 is 23.2 Å². The fourth-order valence-electron chi connectivity index (χ4n) is 2.79. The van der Waals surface area contributed by atoms with Crippen LogP contribution in [-0.4, -0.2) is 36.5 Å². The minimum atomic E-state index is -0.343. The highest BCUT2D eigenvalue weighted by molar-refractivity contribution is 6.30. The van der Waals surface area contributed by atoms with E-state index in [1.165, 1.54) is 0 Å². The van der Waals surface area contributed by atoms with Crippen LogP contribution in [0.15, 0.2) is 48.5 Å². The first-order valence-corrected chi connectivity index (χ1v) is 10.6. The zero-order chi connectivity index (χ0) is 23.2. The van der Waals surface area contributed by atoms with E-state index in [4.69, 9.17) is 33.0 Å². The Balaban J connectivity index is 0.000000291. The summed E-state index contributed by atoms with van der Waals surface area (Å²) in [7, 11) is 1.00. The smallest absolute Gasteiger partial charge is 0.306 e. The number of carbonyl (C=O) groups is 3.